The lowest BCUT2D eigenvalue weighted by Crippen LogP contribution is -2.32. The summed E-state index contributed by atoms with van der Waals surface area (Å²) < 4.78 is 3.05. The second-order valence-corrected chi connectivity index (χ2v) is 7.52. The molecule has 3 rings (SSSR count). The minimum atomic E-state index is -0.209. The van der Waals surface area contributed by atoms with Gasteiger partial charge in [-0.3, -0.25) is 9.59 Å². The number of aromatic nitrogens is 4. The van der Waals surface area contributed by atoms with Crippen molar-refractivity contribution < 1.29 is 4.79 Å². The van der Waals surface area contributed by atoms with E-state index in [-0.39, 0.29) is 11.5 Å². The van der Waals surface area contributed by atoms with Crippen LogP contribution < -0.4 is 10.9 Å². The predicted molar refractivity (Wildman–Crippen MR) is 110 cm³/mol. The highest BCUT2D eigenvalue weighted by Gasteiger charge is 2.08. The summed E-state index contributed by atoms with van der Waals surface area (Å²) in [5.74, 6) is 1.25. The molecule has 1 N–H and O–H groups in total. The molecule has 0 spiro atoms. The number of rotatable bonds is 8. The van der Waals surface area contributed by atoms with Gasteiger partial charge in [-0.1, -0.05) is 18.2 Å². The Kier molecular flexibility index (Phi) is 6.65. The first-order valence-electron chi connectivity index (χ1n) is 9.09. The Hall–Kier alpha value is -2.87. The minimum Gasteiger partial charge on any atom is -0.354 e. The highest BCUT2D eigenvalue weighted by atomic mass is 32.2. The summed E-state index contributed by atoms with van der Waals surface area (Å²) in [4.78, 5) is 25.2. The molecule has 1 amide bonds. The Bertz CT molecular complexity index is 997. The lowest BCUT2D eigenvalue weighted by molar-refractivity contribution is -0.120. The molecule has 3 aromatic rings. The summed E-state index contributed by atoms with van der Waals surface area (Å²) in [7, 11) is 0. The standard InChI is InChI=1S/C20H23N5O2S/c1-15-14-16(2)25(22-15)18-8-9-20(27)24(23-18)12-11-21-19(26)10-13-28-17-6-4-3-5-7-17/h3-9,14H,10-13H2,1-2H3,(H,21,26). The summed E-state index contributed by atoms with van der Waals surface area (Å²) in [6.45, 7) is 4.50. The van der Waals surface area contributed by atoms with E-state index in [1.807, 2.05) is 50.2 Å². The van der Waals surface area contributed by atoms with Gasteiger partial charge in [-0.05, 0) is 38.1 Å². The summed E-state index contributed by atoms with van der Waals surface area (Å²) in [5.41, 5.74) is 1.62. The first-order chi connectivity index (χ1) is 13.5. The molecular formula is C20H23N5O2S. The Balaban J connectivity index is 1.50. The van der Waals surface area contributed by atoms with E-state index in [4.69, 9.17) is 0 Å². The first-order valence-corrected chi connectivity index (χ1v) is 10.1. The Morgan fingerprint density at radius 3 is 2.61 bits per heavy atom. The van der Waals surface area contributed by atoms with Gasteiger partial charge in [0.25, 0.3) is 5.56 Å². The molecule has 28 heavy (non-hydrogen) atoms. The molecule has 2 heterocycles. The van der Waals surface area contributed by atoms with Gasteiger partial charge in [-0.15, -0.1) is 16.9 Å². The van der Waals surface area contributed by atoms with Crippen LogP contribution in [0.1, 0.15) is 17.8 Å². The monoisotopic (exact) mass is 397 g/mol. The second-order valence-electron chi connectivity index (χ2n) is 6.35. The van der Waals surface area contributed by atoms with Crippen molar-refractivity contribution in [3.63, 3.8) is 0 Å². The van der Waals surface area contributed by atoms with E-state index in [1.54, 1.807) is 22.5 Å². The third kappa shape index (κ3) is 5.32. The molecule has 1 aromatic carbocycles. The largest absolute Gasteiger partial charge is 0.354 e. The minimum absolute atomic E-state index is 0.0359. The van der Waals surface area contributed by atoms with Crippen molar-refractivity contribution >= 4 is 17.7 Å². The maximum absolute atomic E-state index is 12.1. The van der Waals surface area contributed by atoms with Gasteiger partial charge in [-0.25, -0.2) is 9.36 Å². The molecule has 8 heteroatoms. The number of benzene rings is 1. The lowest BCUT2D eigenvalue weighted by Gasteiger charge is -2.09. The number of thioether (sulfide) groups is 1. The zero-order chi connectivity index (χ0) is 19.9. The molecule has 0 fully saturated rings. The van der Waals surface area contributed by atoms with Gasteiger partial charge in [0, 0.05) is 35.4 Å². The number of nitrogens with zero attached hydrogens (tertiary/aromatic N) is 4. The van der Waals surface area contributed by atoms with E-state index in [0.29, 0.717) is 31.1 Å². The maximum Gasteiger partial charge on any atom is 0.266 e. The van der Waals surface area contributed by atoms with Gasteiger partial charge in [0.2, 0.25) is 5.91 Å². The topological polar surface area (TPSA) is 81.8 Å². The van der Waals surface area contributed by atoms with Gasteiger partial charge in [-0.2, -0.15) is 5.10 Å². The van der Waals surface area contributed by atoms with E-state index in [1.165, 1.54) is 10.7 Å². The van der Waals surface area contributed by atoms with Crippen molar-refractivity contribution in [2.24, 2.45) is 0 Å². The summed E-state index contributed by atoms with van der Waals surface area (Å²) in [5, 5.41) is 11.6. The van der Waals surface area contributed by atoms with Gasteiger partial charge in [0.05, 0.1) is 12.2 Å². The van der Waals surface area contributed by atoms with Crippen LogP contribution in [-0.2, 0) is 11.3 Å². The molecule has 2 aromatic heterocycles. The second kappa shape index (κ2) is 9.36. The van der Waals surface area contributed by atoms with Gasteiger partial charge in [0.1, 0.15) is 0 Å². The van der Waals surface area contributed by atoms with E-state index in [2.05, 4.69) is 15.5 Å². The molecule has 0 aliphatic carbocycles. The molecule has 7 nitrogen and oxygen atoms in total. The average molecular weight is 398 g/mol. The van der Waals surface area contributed by atoms with Crippen LogP contribution in [0, 0.1) is 13.8 Å². The molecule has 0 aliphatic heterocycles. The van der Waals surface area contributed by atoms with Crippen LogP contribution in [0.4, 0.5) is 0 Å². The third-order valence-corrected chi connectivity index (χ3v) is 5.08. The van der Waals surface area contributed by atoms with Crippen LogP contribution >= 0.6 is 11.8 Å². The molecule has 0 saturated carbocycles. The van der Waals surface area contributed by atoms with Gasteiger partial charge < -0.3 is 5.32 Å². The highest BCUT2D eigenvalue weighted by molar-refractivity contribution is 7.99. The van der Waals surface area contributed by atoms with Gasteiger partial charge in [0.15, 0.2) is 5.82 Å². The molecule has 146 valence electrons. The van der Waals surface area contributed by atoms with Crippen LogP contribution in [0.15, 0.2) is 58.2 Å². The Morgan fingerprint density at radius 2 is 1.89 bits per heavy atom. The number of hydrogen-bond donors (Lipinski definition) is 1. The average Bonchev–Trinajstić information content (AvgIpc) is 3.02. The molecule has 0 saturated heterocycles. The van der Waals surface area contributed by atoms with Crippen LogP contribution in [0.3, 0.4) is 0 Å². The highest BCUT2D eigenvalue weighted by Crippen LogP contribution is 2.17. The van der Waals surface area contributed by atoms with Crippen LogP contribution in [0.2, 0.25) is 0 Å². The predicted octanol–water partition coefficient (Wildman–Crippen LogP) is 2.34. The number of amides is 1. The van der Waals surface area contributed by atoms with E-state index in [0.717, 1.165) is 16.3 Å². The quantitative estimate of drug-likeness (QED) is 0.590. The Labute approximate surface area is 167 Å². The molecule has 0 radical (unpaired) electrons. The zero-order valence-corrected chi connectivity index (χ0v) is 16.8. The SMILES string of the molecule is Cc1cc(C)n(-c2ccc(=O)n(CCNC(=O)CCSc3ccccc3)n2)n1. The summed E-state index contributed by atoms with van der Waals surface area (Å²) >= 11 is 1.65. The number of aryl methyl sites for hydroxylation is 2. The molecule has 0 unspecified atom stereocenters. The van der Waals surface area contributed by atoms with Crippen LogP contribution in [0.5, 0.6) is 0 Å². The molecular weight excluding hydrogens is 374 g/mol. The fourth-order valence-corrected chi connectivity index (χ4v) is 3.61. The summed E-state index contributed by atoms with van der Waals surface area (Å²) in [6.07, 6.45) is 0.424. The van der Waals surface area contributed by atoms with Crippen molar-refractivity contribution in [2.45, 2.75) is 31.7 Å². The molecule has 0 atom stereocenters. The van der Waals surface area contributed by atoms with Crippen molar-refractivity contribution in [3.05, 3.63) is 70.3 Å². The van der Waals surface area contributed by atoms with Crippen LogP contribution in [-0.4, -0.2) is 37.8 Å². The van der Waals surface area contributed by atoms with Crippen molar-refractivity contribution in [2.75, 3.05) is 12.3 Å². The van der Waals surface area contributed by atoms with Crippen LogP contribution in [0.25, 0.3) is 5.82 Å². The number of hydrogen-bond acceptors (Lipinski definition) is 5. The maximum atomic E-state index is 12.1. The summed E-state index contributed by atoms with van der Waals surface area (Å²) in [6, 6.07) is 15.0. The lowest BCUT2D eigenvalue weighted by atomic mass is 10.4. The van der Waals surface area contributed by atoms with E-state index in [9.17, 15) is 9.59 Å². The Morgan fingerprint density at radius 1 is 1.11 bits per heavy atom. The van der Waals surface area contributed by atoms with E-state index >= 15 is 0 Å². The zero-order valence-electron chi connectivity index (χ0n) is 16.0. The van der Waals surface area contributed by atoms with E-state index < -0.39 is 0 Å². The van der Waals surface area contributed by atoms with Crippen molar-refractivity contribution in [1.29, 1.82) is 0 Å². The smallest absolute Gasteiger partial charge is 0.266 e. The number of carbonyl (C=O) groups is 1. The van der Waals surface area contributed by atoms with Crippen molar-refractivity contribution in [3.8, 4) is 5.82 Å². The fourth-order valence-electron chi connectivity index (χ4n) is 2.74. The third-order valence-electron chi connectivity index (χ3n) is 4.07. The van der Waals surface area contributed by atoms with Crippen molar-refractivity contribution in [1.82, 2.24) is 24.9 Å². The molecule has 0 bridgehead atoms. The fraction of sp³-hybridized carbons (Fsp3) is 0.300. The van der Waals surface area contributed by atoms with Gasteiger partial charge >= 0.3 is 0 Å². The number of carbonyl (C=O) groups excluding carboxylic acids is 1. The number of nitrogens with one attached hydrogen (secondary N) is 1. The first kappa shape index (κ1) is 19.9. The molecule has 0 aliphatic rings. The normalized spacial score (nSPS) is 10.8.